The quantitative estimate of drug-likeness (QED) is 0.616. The lowest BCUT2D eigenvalue weighted by Crippen LogP contribution is -2.38. The van der Waals surface area contributed by atoms with E-state index in [2.05, 4.69) is 0 Å². The molecule has 0 spiro atoms. The van der Waals surface area contributed by atoms with Crippen molar-refractivity contribution in [2.24, 2.45) is 5.92 Å². The zero-order valence-corrected chi connectivity index (χ0v) is 17.6. The molecule has 2 aromatic rings. The number of hydrogen-bond acceptors (Lipinski definition) is 3. The molecule has 1 unspecified atom stereocenters. The molecule has 7 heteroatoms. The van der Waals surface area contributed by atoms with Crippen molar-refractivity contribution in [3.8, 4) is 0 Å². The minimum atomic E-state index is -2.68. The van der Waals surface area contributed by atoms with E-state index in [4.69, 9.17) is 16.3 Å². The summed E-state index contributed by atoms with van der Waals surface area (Å²) in [5, 5.41) is 21.9. The lowest BCUT2D eigenvalue weighted by molar-refractivity contribution is -0.102. The number of hydrogen-bond donors (Lipinski definition) is 2. The molecule has 2 N–H and O–H groups in total. The number of aromatic nitrogens is 1. The van der Waals surface area contributed by atoms with Gasteiger partial charge in [-0.25, -0.2) is 8.78 Å². The molecule has 0 radical (unpaired) electrons. The maximum atomic E-state index is 13.4. The highest BCUT2D eigenvalue weighted by Crippen LogP contribution is 2.40. The van der Waals surface area contributed by atoms with Gasteiger partial charge in [0.15, 0.2) is 0 Å². The van der Waals surface area contributed by atoms with Crippen molar-refractivity contribution in [1.82, 2.24) is 4.40 Å². The average Bonchev–Trinajstić information content (AvgIpc) is 3.34. The third-order valence-corrected chi connectivity index (χ3v) is 6.72. The molecular weight excluding hydrogens is 412 g/mol. The zero-order valence-electron chi connectivity index (χ0n) is 16.9. The Labute approximate surface area is 180 Å². The molecule has 0 aromatic carbocycles. The van der Waals surface area contributed by atoms with Crippen LogP contribution in [-0.2, 0) is 11.2 Å². The summed E-state index contributed by atoms with van der Waals surface area (Å²) in [6.45, 7) is 1.52. The largest absolute Gasteiger partial charge is 0.390 e. The standard InChI is InChI=1S/C23H28ClF2NO3/c24-19-3-2-11-27-17(13-16-5-12-30-15-16)14-18(21(19)27)20(28)4-1-6-22(29)7-9-23(25,26)10-8-22/h1-4,11,14,16,20,28-29H,5-10,12-13,15H2/b4-1+/t16-,20?/m1/s1. The van der Waals surface area contributed by atoms with E-state index in [9.17, 15) is 19.0 Å². The summed E-state index contributed by atoms with van der Waals surface area (Å²) in [4.78, 5) is 0. The molecule has 1 aliphatic carbocycles. The molecule has 2 fully saturated rings. The Kier molecular flexibility index (Phi) is 6.22. The van der Waals surface area contributed by atoms with Crippen LogP contribution >= 0.6 is 11.6 Å². The van der Waals surface area contributed by atoms with Crippen LogP contribution in [-0.4, -0.2) is 39.4 Å². The first-order chi connectivity index (χ1) is 14.3. The highest BCUT2D eigenvalue weighted by molar-refractivity contribution is 6.34. The number of aliphatic hydroxyl groups excluding tert-OH is 1. The van der Waals surface area contributed by atoms with Crippen LogP contribution in [0.1, 0.15) is 55.9 Å². The maximum Gasteiger partial charge on any atom is 0.248 e. The Morgan fingerprint density at radius 1 is 1.30 bits per heavy atom. The monoisotopic (exact) mass is 439 g/mol. The molecule has 3 heterocycles. The first-order valence-corrected chi connectivity index (χ1v) is 11.0. The van der Waals surface area contributed by atoms with Gasteiger partial charge >= 0.3 is 0 Å². The molecule has 1 saturated carbocycles. The maximum absolute atomic E-state index is 13.4. The minimum Gasteiger partial charge on any atom is -0.390 e. The van der Waals surface area contributed by atoms with Crippen LogP contribution < -0.4 is 0 Å². The second-order valence-electron chi connectivity index (χ2n) is 8.76. The summed E-state index contributed by atoms with van der Waals surface area (Å²) in [6, 6.07) is 5.65. The van der Waals surface area contributed by atoms with E-state index >= 15 is 0 Å². The van der Waals surface area contributed by atoms with E-state index in [0.29, 0.717) is 16.5 Å². The summed E-state index contributed by atoms with van der Waals surface area (Å²) in [7, 11) is 0. The fourth-order valence-corrected chi connectivity index (χ4v) is 4.82. The Morgan fingerprint density at radius 2 is 2.07 bits per heavy atom. The second-order valence-corrected chi connectivity index (χ2v) is 9.16. The minimum absolute atomic E-state index is 0.0645. The summed E-state index contributed by atoms with van der Waals surface area (Å²) in [6.07, 6.45) is 5.98. The molecule has 2 atom stereocenters. The lowest BCUT2D eigenvalue weighted by Gasteiger charge is -2.35. The highest BCUT2D eigenvalue weighted by atomic mass is 35.5. The van der Waals surface area contributed by atoms with Crippen LogP contribution in [0.4, 0.5) is 8.78 Å². The molecule has 4 nitrogen and oxygen atoms in total. The highest BCUT2D eigenvalue weighted by Gasteiger charge is 2.41. The number of aliphatic hydroxyl groups is 2. The summed E-state index contributed by atoms with van der Waals surface area (Å²) >= 11 is 6.45. The molecular formula is C23H28ClF2NO3. The van der Waals surface area contributed by atoms with Crippen molar-refractivity contribution in [1.29, 1.82) is 0 Å². The van der Waals surface area contributed by atoms with Gasteiger partial charge in [-0.05, 0) is 56.2 Å². The van der Waals surface area contributed by atoms with E-state index < -0.39 is 17.6 Å². The molecule has 1 aliphatic heterocycles. The smallest absolute Gasteiger partial charge is 0.248 e. The Morgan fingerprint density at radius 3 is 2.77 bits per heavy atom. The molecule has 0 bridgehead atoms. The topological polar surface area (TPSA) is 54.1 Å². The number of halogens is 3. The van der Waals surface area contributed by atoms with Gasteiger partial charge in [0, 0.05) is 43.5 Å². The Balaban J connectivity index is 1.51. The van der Waals surface area contributed by atoms with E-state index in [1.165, 1.54) is 0 Å². The van der Waals surface area contributed by atoms with Gasteiger partial charge in [-0.2, -0.15) is 0 Å². The van der Waals surface area contributed by atoms with Gasteiger partial charge in [0.2, 0.25) is 5.92 Å². The van der Waals surface area contributed by atoms with E-state index in [1.807, 2.05) is 22.7 Å². The van der Waals surface area contributed by atoms with Crippen molar-refractivity contribution in [2.45, 2.75) is 62.6 Å². The van der Waals surface area contributed by atoms with Crippen molar-refractivity contribution in [3.63, 3.8) is 0 Å². The van der Waals surface area contributed by atoms with Gasteiger partial charge in [-0.15, -0.1) is 0 Å². The fourth-order valence-electron chi connectivity index (χ4n) is 4.54. The predicted octanol–water partition coefficient (Wildman–Crippen LogP) is 5.09. The number of fused-ring (bicyclic) bond motifs is 1. The third kappa shape index (κ3) is 4.72. The number of pyridine rings is 1. The molecule has 30 heavy (non-hydrogen) atoms. The molecule has 1 saturated heterocycles. The van der Waals surface area contributed by atoms with Crippen molar-refractivity contribution in [2.75, 3.05) is 13.2 Å². The van der Waals surface area contributed by atoms with E-state index in [0.717, 1.165) is 37.3 Å². The summed E-state index contributed by atoms with van der Waals surface area (Å²) in [5.41, 5.74) is 1.40. The van der Waals surface area contributed by atoms with Crippen molar-refractivity contribution < 1.29 is 23.7 Å². The van der Waals surface area contributed by atoms with Crippen LogP contribution in [0.5, 0.6) is 0 Å². The van der Waals surface area contributed by atoms with Gasteiger partial charge in [0.05, 0.1) is 22.2 Å². The number of ether oxygens (including phenoxy) is 1. The Hall–Kier alpha value is -1.47. The predicted molar refractivity (Wildman–Crippen MR) is 112 cm³/mol. The lowest BCUT2D eigenvalue weighted by atomic mass is 9.80. The number of nitrogens with zero attached hydrogens (tertiary/aromatic N) is 1. The molecule has 2 aromatic heterocycles. The summed E-state index contributed by atoms with van der Waals surface area (Å²) < 4.78 is 34.2. The van der Waals surface area contributed by atoms with Gasteiger partial charge in [0.1, 0.15) is 0 Å². The van der Waals surface area contributed by atoms with E-state index in [-0.39, 0.29) is 32.1 Å². The van der Waals surface area contributed by atoms with Crippen LogP contribution in [0.25, 0.3) is 5.52 Å². The van der Waals surface area contributed by atoms with E-state index in [1.54, 1.807) is 18.2 Å². The van der Waals surface area contributed by atoms with Gasteiger partial charge in [-0.3, -0.25) is 0 Å². The van der Waals surface area contributed by atoms with Gasteiger partial charge < -0.3 is 19.4 Å². The van der Waals surface area contributed by atoms with Gasteiger partial charge in [0.25, 0.3) is 0 Å². The fraction of sp³-hybridized carbons (Fsp3) is 0.565. The number of alkyl halides is 2. The number of rotatable bonds is 6. The second kappa shape index (κ2) is 8.58. The molecule has 4 rings (SSSR count). The van der Waals surface area contributed by atoms with Crippen LogP contribution in [0, 0.1) is 5.92 Å². The zero-order chi connectivity index (χ0) is 21.4. The first kappa shape index (κ1) is 21.8. The van der Waals surface area contributed by atoms with Crippen LogP contribution in [0.15, 0.2) is 36.5 Å². The summed E-state index contributed by atoms with van der Waals surface area (Å²) in [5.74, 6) is -2.24. The van der Waals surface area contributed by atoms with Crippen molar-refractivity contribution >= 4 is 17.1 Å². The third-order valence-electron chi connectivity index (χ3n) is 6.42. The SMILES string of the molecule is OC(/C=C/CC1(O)CCC(F)(F)CC1)c1cc(C[C@H]2CCOC2)n2cccc(Cl)c12. The first-order valence-electron chi connectivity index (χ1n) is 10.6. The van der Waals surface area contributed by atoms with Crippen LogP contribution in [0.3, 0.4) is 0 Å². The molecule has 164 valence electrons. The van der Waals surface area contributed by atoms with Crippen molar-refractivity contribution in [3.05, 3.63) is 52.8 Å². The molecule has 2 aliphatic rings. The molecule has 0 amide bonds. The van der Waals surface area contributed by atoms with Crippen LogP contribution in [0.2, 0.25) is 5.02 Å². The average molecular weight is 440 g/mol. The normalized spacial score (nSPS) is 24.6. The Bertz CT molecular complexity index is 911. The van der Waals surface area contributed by atoms with Gasteiger partial charge in [-0.1, -0.05) is 23.8 Å².